The van der Waals surface area contributed by atoms with Crippen LogP contribution in [0.4, 0.5) is 8.78 Å². The molecule has 0 aromatic heterocycles. The zero-order chi connectivity index (χ0) is 36.9. The first-order valence-electron chi connectivity index (χ1n) is 17.4. The first kappa shape index (κ1) is 47.3. The van der Waals surface area contributed by atoms with Gasteiger partial charge in [0.2, 0.25) is 0 Å². The molecule has 0 radical (unpaired) electrons. The van der Waals surface area contributed by atoms with Gasteiger partial charge in [-0.15, -0.1) is 6.58 Å². The van der Waals surface area contributed by atoms with Gasteiger partial charge in [0.15, 0.2) is 0 Å². The Morgan fingerprint density at radius 3 is 1.75 bits per heavy atom. The molecular formula is C43H65ClF2O2. The second kappa shape index (κ2) is 30.3. The van der Waals surface area contributed by atoms with Crippen LogP contribution in [-0.4, -0.2) is 25.4 Å². The number of ether oxygens (including phenoxy) is 2. The Labute approximate surface area is 298 Å². The Kier molecular flexibility index (Phi) is 29.9. The molecular weight excluding hydrogens is 622 g/mol. The monoisotopic (exact) mass is 686 g/mol. The van der Waals surface area contributed by atoms with Crippen molar-refractivity contribution in [2.24, 2.45) is 11.8 Å². The summed E-state index contributed by atoms with van der Waals surface area (Å²) in [6.45, 7) is 28.1. The predicted octanol–water partition coefficient (Wildman–Crippen LogP) is 13.8. The molecule has 0 amide bonds. The molecule has 0 aliphatic rings. The lowest BCUT2D eigenvalue weighted by Gasteiger charge is -2.04. The number of benzene rings is 3. The molecule has 0 unspecified atom stereocenters. The number of hydrogen-bond acceptors (Lipinski definition) is 2. The fraction of sp³-hybridized carbons (Fsp3) is 0.488. The van der Waals surface area contributed by atoms with Crippen molar-refractivity contribution in [1.29, 1.82) is 0 Å². The van der Waals surface area contributed by atoms with Crippen molar-refractivity contribution < 1.29 is 18.3 Å². The normalized spacial score (nSPS) is 10.6. The molecule has 48 heavy (non-hydrogen) atoms. The average Bonchev–Trinajstić information content (AvgIpc) is 3.04. The van der Waals surface area contributed by atoms with E-state index in [4.69, 9.17) is 21.1 Å². The molecule has 0 aliphatic heterocycles. The van der Waals surface area contributed by atoms with Gasteiger partial charge in [-0.1, -0.05) is 127 Å². The Morgan fingerprint density at radius 2 is 1.35 bits per heavy atom. The molecule has 0 saturated carbocycles. The Morgan fingerprint density at radius 1 is 0.771 bits per heavy atom. The van der Waals surface area contributed by atoms with Gasteiger partial charge >= 0.3 is 0 Å². The third-order valence-electron chi connectivity index (χ3n) is 6.21. The summed E-state index contributed by atoms with van der Waals surface area (Å²) in [7, 11) is 0. The summed E-state index contributed by atoms with van der Waals surface area (Å²) in [6.07, 6.45) is 10.2. The molecule has 3 aromatic carbocycles. The molecule has 0 fully saturated rings. The second-order valence-electron chi connectivity index (χ2n) is 13.0. The first-order chi connectivity index (χ1) is 22.6. The second-order valence-corrected chi connectivity index (χ2v) is 13.4. The summed E-state index contributed by atoms with van der Waals surface area (Å²) in [5, 5.41) is 0.205. The number of allylic oxidation sites excluding steroid dienone is 1. The Hall–Kier alpha value is -2.79. The lowest BCUT2D eigenvalue weighted by atomic mass is 10.0. The minimum atomic E-state index is -0.351. The SMILES string of the molecule is C=CCOC(C)C.CC(C)/C=C/c1ccc(F)cc1.CC(C)CCc1ccccc1.CC(C)c1ccc(F)c(Cl)c1.CCCOC(C)C. The molecule has 2 nitrogen and oxygen atoms in total. The maximum absolute atomic E-state index is 12.6. The van der Waals surface area contributed by atoms with Crippen LogP contribution in [0.3, 0.4) is 0 Å². The molecule has 5 heteroatoms. The molecule has 0 spiro atoms. The lowest BCUT2D eigenvalue weighted by Crippen LogP contribution is -2.01. The highest BCUT2D eigenvalue weighted by Crippen LogP contribution is 2.21. The van der Waals surface area contributed by atoms with E-state index in [-0.39, 0.29) is 16.7 Å². The quantitative estimate of drug-likeness (QED) is 0.177. The first-order valence-corrected chi connectivity index (χ1v) is 17.8. The van der Waals surface area contributed by atoms with Gasteiger partial charge in [-0.05, 0) is 106 Å². The molecule has 0 heterocycles. The van der Waals surface area contributed by atoms with Gasteiger partial charge in [0, 0.05) is 6.61 Å². The summed E-state index contributed by atoms with van der Waals surface area (Å²) in [5.74, 6) is 1.21. The van der Waals surface area contributed by atoms with E-state index in [1.807, 2.05) is 33.8 Å². The molecule has 270 valence electrons. The van der Waals surface area contributed by atoms with Crippen LogP contribution in [0.2, 0.25) is 5.02 Å². The van der Waals surface area contributed by atoms with Gasteiger partial charge in [0.1, 0.15) is 11.6 Å². The van der Waals surface area contributed by atoms with Crippen molar-refractivity contribution in [2.75, 3.05) is 13.2 Å². The number of halogens is 3. The van der Waals surface area contributed by atoms with Gasteiger partial charge in [0.05, 0.1) is 23.8 Å². The minimum absolute atomic E-state index is 0.184. The van der Waals surface area contributed by atoms with Crippen LogP contribution in [-0.2, 0) is 15.9 Å². The summed E-state index contributed by atoms with van der Waals surface area (Å²) in [5.41, 5.74) is 3.57. The van der Waals surface area contributed by atoms with Crippen LogP contribution >= 0.6 is 11.6 Å². The summed E-state index contributed by atoms with van der Waals surface area (Å²) in [6, 6.07) is 22.0. The highest BCUT2D eigenvalue weighted by molar-refractivity contribution is 6.30. The van der Waals surface area contributed by atoms with Crippen LogP contribution in [0, 0.1) is 23.5 Å². The smallest absolute Gasteiger partial charge is 0.141 e. The summed E-state index contributed by atoms with van der Waals surface area (Å²) >= 11 is 5.58. The van der Waals surface area contributed by atoms with E-state index in [0.29, 0.717) is 30.7 Å². The number of aryl methyl sites for hydroxylation is 1. The van der Waals surface area contributed by atoms with Crippen LogP contribution in [0.5, 0.6) is 0 Å². The molecule has 0 bridgehead atoms. The van der Waals surface area contributed by atoms with Gasteiger partial charge in [-0.3, -0.25) is 0 Å². The molecule has 0 aliphatic carbocycles. The van der Waals surface area contributed by atoms with Gasteiger partial charge < -0.3 is 9.47 Å². The van der Waals surface area contributed by atoms with E-state index in [2.05, 4.69) is 91.5 Å². The third-order valence-corrected chi connectivity index (χ3v) is 6.50. The maximum Gasteiger partial charge on any atom is 0.141 e. The zero-order valence-corrected chi connectivity index (χ0v) is 32.5. The van der Waals surface area contributed by atoms with E-state index in [9.17, 15) is 8.78 Å². The summed E-state index contributed by atoms with van der Waals surface area (Å²) < 4.78 is 35.4. The fourth-order valence-corrected chi connectivity index (χ4v) is 3.65. The van der Waals surface area contributed by atoms with Crippen molar-refractivity contribution in [3.8, 4) is 0 Å². The highest BCUT2D eigenvalue weighted by atomic mass is 35.5. The van der Waals surface area contributed by atoms with E-state index in [1.54, 1.807) is 30.3 Å². The highest BCUT2D eigenvalue weighted by Gasteiger charge is 2.03. The van der Waals surface area contributed by atoms with Crippen LogP contribution in [0.1, 0.15) is 112 Å². The molecule has 0 atom stereocenters. The van der Waals surface area contributed by atoms with Gasteiger partial charge in [0.25, 0.3) is 0 Å². The van der Waals surface area contributed by atoms with Crippen molar-refractivity contribution in [1.82, 2.24) is 0 Å². The van der Waals surface area contributed by atoms with Crippen LogP contribution < -0.4 is 0 Å². The van der Waals surface area contributed by atoms with Crippen molar-refractivity contribution >= 4 is 17.7 Å². The molecule has 0 saturated heterocycles. The fourth-order valence-electron chi connectivity index (χ4n) is 3.46. The van der Waals surface area contributed by atoms with Crippen molar-refractivity contribution in [3.05, 3.63) is 125 Å². The molecule has 3 aromatic rings. The largest absolute Gasteiger partial charge is 0.379 e. The van der Waals surface area contributed by atoms with Crippen molar-refractivity contribution in [3.63, 3.8) is 0 Å². The topological polar surface area (TPSA) is 18.5 Å². The number of hydrogen-bond donors (Lipinski definition) is 0. The summed E-state index contributed by atoms with van der Waals surface area (Å²) in [4.78, 5) is 0. The van der Waals surface area contributed by atoms with Crippen molar-refractivity contribution in [2.45, 2.75) is 114 Å². The van der Waals surface area contributed by atoms with E-state index >= 15 is 0 Å². The average molecular weight is 687 g/mol. The molecule has 3 rings (SSSR count). The van der Waals surface area contributed by atoms with E-state index in [0.717, 1.165) is 30.1 Å². The van der Waals surface area contributed by atoms with Gasteiger partial charge in [-0.25, -0.2) is 8.78 Å². The standard InChI is InChI=1S/C11H13F.C11H16.C9H10ClF.C6H14O.C6H12O/c1-9(2)3-4-10-5-7-11(12)8-6-10;1-10(2)8-9-11-6-4-3-5-7-11;1-6(2)7-3-4-9(11)8(10)5-7;2*1-4-5-7-6(2)3/h3-9H,1-2H3;3-7,10H,8-9H2,1-2H3;3-6H,1-2H3;6H,4-5H2,1-3H3;4,6H,1,5H2,2-3H3/b4-3+;;;;. The predicted molar refractivity (Wildman–Crippen MR) is 208 cm³/mol. The van der Waals surface area contributed by atoms with Crippen LogP contribution in [0.15, 0.2) is 91.5 Å². The van der Waals surface area contributed by atoms with E-state index in [1.165, 1.54) is 36.6 Å². The zero-order valence-electron chi connectivity index (χ0n) is 31.7. The molecule has 0 N–H and O–H groups in total. The third kappa shape index (κ3) is 30.5. The maximum atomic E-state index is 12.6. The Balaban J connectivity index is 0. The number of rotatable bonds is 12. The lowest BCUT2D eigenvalue weighted by molar-refractivity contribution is 0.0794. The minimum Gasteiger partial charge on any atom is -0.379 e. The van der Waals surface area contributed by atoms with E-state index < -0.39 is 0 Å². The van der Waals surface area contributed by atoms with Gasteiger partial charge in [-0.2, -0.15) is 0 Å². The Bertz CT molecular complexity index is 1190. The van der Waals surface area contributed by atoms with Crippen LogP contribution in [0.25, 0.3) is 6.08 Å².